The van der Waals surface area contributed by atoms with E-state index in [0.717, 1.165) is 31.6 Å². The van der Waals surface area contributed by atoms with Gasteiger partial charge in [0.15, 0.2) is 0 Å². The lowest BCUT2D eigenvalue weighted by Gasteiger charge is -2.30. The molecule has 0 radical (unpaired) electrons. The van der Waals surface area contributed by atoms with Crippen molar-refractivity contribution in [2.75, 3.05) is 37.4 Å². The van der Waals surface area contributed by atoms with Crippen LogP contribution < -0.4 is 10.2 Å². The van der Waals surface area contributed by atoms with Gasteiger partial charge in [0.25, 0.3) is 11.8 Å². The molecule has 1 aliphatic heterocycles. The molecule has 6 nitrogen and oxygen atoms in total. The topological polar surface area (TPSA) is 65.5 Å². The summed E-state index contributed by atoms with van der Waals surface area (Å²) in [4.78, 5) is 33.4. The van der Waals surface area contributed by atoms with Gasteiger partial charge >= 0.3 is 0 Å². The number of nitrogens with one attached hydrogen (secondary N) is 1. The predicted molar refractivity (Wildman–Crippen MR) is 107 cm³/mol. The number of nitrogens with zero attached hydrogens (tertiary/aromatic N) is 3. The third-order valence-corrected chi connectivity index (χ3v) is 4.79. The van der Waals surface area contributed by atoms with Crippen molar-refractivity contribution in [1.82, 2.24) is 9.88 Å². The lowest BCUT2D eigenvalue weighted by atomic mass is 10.00. The Labute approximate surface area is 160 Å². The molecule has 1 aromatic heterocycles. The van der Waals surface area contributed by atoms with Crippen molar-refractivity contribution in [2.45, 2.75) is 19.8 Å². The first-order valence-electron chi connectivity index (χ1n) is 9.29. The van der Waals surface area contributed by atoms with E-state index >= 15 is 0 Å². The second-order valence-corrected chi connectivity index (χ2v) is 7.30. The molecule has 0 spiro atoms. The van der Waals surface area contributed by atoms with E-state index in [0.29, 0.717) is 17.3 Å². The number of hydrogen-bond acceptors (Lipinski definition) is 4. The maximum Gasteiger partial charge on any atom is 0.274 e. The Kier molecular flexibility index (Phi) is 5.74. The lowest BCUT2D eigenvalue weighted by Crippen LogP contribution is -2.39. The molecule has 1 aromatic carbocycles. The molecule has 0 saturated carbocycles. The largest absolute Gasteiger partial charge is 0.378 e. The smallest absolute Gasteiger partial charge is 0.274 e. The van der Waals surface area contributed by atoms with Crippen LogP contribution in [0.5, 0.6) is 0 Å². The molecule has 1 saturated heterocycles. The highest BCUT2D eigenvalue weighted by molar-refractivity contribution is 6.03. The van der Waals surface area contributed by atoms with Gasteiger partial charge in [0, 0.05) is 38.6 Å². The Balaban J connectivity index is 1.70. The normalized spacial score (nSPS) is 16.7. The van der Waals surface area contributed by atoms with Crippen molar-refractivity contribution in [2.24, 2.45) is 5.92 Å². The van der Waals surface area contributed by atoms with Gasteiger partial charge in [0.05, 0.1) is 0 Å². The summed E-state index contributed by atoms with van der Waals surface area (Å²) in [6.45, 7) is 3.65. The van der Waals surface area contributed by atoms with E-state index < -0.39 is 0 Å². The predicted octanol–water partition coefficient (Wildman–Crippen LogP) is 3.27. The van der Waals surface area contributed by atoms with Gasteiger partial charge in [-0.1, -0.05) is 13.0 Å². The quantitative estimate of drug-likeness (QED) is 0.902. The number of piperidine rings is 1. The number of anilines is 2. The van der Waals surface area contributed by atoms with E-state index in [2.05, 4.69) is 17.2 Å². The summed E-state index contributed by atoms with van der Waals surface area (Å²) < 4.78 is 0. The van der Waals surface area contributed by atoms with E-state index in [1.54, 1.807) is 18.2 Å². The maximum absolute atomic E-state index is 12.7. The van der Waals surface area contributed by atoms with E-state index in [9.17, 15) is 9.59 Å². The molecular weight excluding hydrogens is 340 g/mol. The summed E-state index contributed by atoms with van der Waals surface area (Å²) in [7, 11) is 3.92. The molecule has 1 atom stereocenters. The maximum atomic E-state index is 12.7. The molecule has 2 amide bonds. The van der Waals surface area contributed by atoms with Gasteiger partial charge < -0.3 is 15.1 Å². The van der Waals surface area contributed by atoms with Crippen molar-refractivity contribution in [3.05, 3.63) is 53.9 Å². The second kappa shape index (κ2) is 8.20. The Morgan fingerprint density at radius 3 is 2.48 bits per heavy atom. The fourth-order valence-electron chi connectivity index (χ4n) is 3.25. The third-order valence-electron chi connectivity index (χ3n) is 4.79. The molecule has 0 aliphatic carbocycles. The standard InChI is InChI=1S/C21H26N4O2/c1-15-6-5-13-25(14-15)21(27)19-8-4-7-18(23-19)20(26)22-16-9-11-17(12-10-16)24(2)3/h4,7-12,15H,5-6,13-14H2,1-3H3,(H,22,26). The van der Waals surface area contributed by atoms with E-state index in [1.165, 1.54) is 0 Å². The molecule has 1 N–H and O–H groups in total. The molecule has 1 unspecified atom stereocenters. The molecule has 2 aromatic rings. The van der Waals surface area contributed by atoms with Crippen molar-refractivity contribution in [3.63, 3.8) is 0 Å². The van der Waals surface area contributed by atoms with Crippen molar-refractivity contribution in [3.8, 4) is 0 Å². The zero-order chi connectivity index (χ0) is 19.4. The first-order chi connectivity index (χ1) is 12.9. The van der Waals surface area contributed by atoms with Gasteiger partial charge in [-0.2, -0.15) is 0 Å². The van der Waals surface area contributed by atoms with E-state index in [-0.39, 0.29) is 17.5 Å². The van der Waals surface area contributed by atoms with Gasteiger partial charge in [-0.25, -0.2) is 4.98 Å². The molecule has 2 heterocycles. The highest BCUT2D eigenvalue weighted by atomic mass is 16.2. The van der Waals surface area contributed by atoms with Crippen LogP contribution in [0.15, 0.2) is 42.5 Å². The van der Waals surface area contributed by atoms with Gasteiger partial charge in [0.2, 0.25) is 0 Å². The lowest BCUT2D eigenvalue weighted by molar-refractivity contribution is 0.0677. The number of pyridine rings is 1. The number of hydrogen-bond donors (Lipinski definition) is 1. The molecule has 142 valence electrons. The number of aromatic nitrogens is 1. The Hall–Kier alpha value is -2.89. The number of rotatable bonds is 4. The van der Waals surface area contributed by atoms with Crippen molar-refractivity contribution < 1.29 is 9.59 Å². The van der Waals surface area contributed by atoms with E-state index in [1.807, 2.05) is 48.2 Å². The SMILES string of the molecule is CC1CCCN(C(=O)c2cccc(C(=O)Nc3ccc(N(C)C)cc3)n2)C1. The van der Waals surface area contributed by atoms with Crippen LogP contribution in [0.25, 0.3) is 0 Å². The molecule has 0 bridgehead atoms. The highest BCUT2D eigenvalue weighted by Gasteiger charge is 2.23. The monoisotopic (exact) mass is 366 g/mol. The number of carbonyl (C=O) groups excluding carboxylic acids is 2. The summed E-state index contributed by atoms with van der Waals surface area (Å²) in [5.74, 6) is 0.0696. The Morgan fingerprint density at radius 2 is 1.81 bits per heavy atom. The summed E-state index contributed by atoms with van der Waals surface area (Å²) in [6.07, 6.45) is 2.16. The molecule has 1 fully saturated rings. The summed E-state index contributed by atoms with van der Waals surface area (Å²) >= 11 is 0. The van der Waals surface area contributed by atoms with Crippen molar-refractivity contribution in [1.29, 1.82) is 0 Å². The minimum atomic E-state index is -0.325. The van der Waals surface area contributed by atoms with Gasteiger partial charge in [-0.15, -0.1) is 0 Å². The Morgan fingerprint density at radius 1 is 1.11 bits per heavy atom. The molecule has 27 heavy (non-hydrogen) atoms. The molecular formula is C21H26N4O2. The zero-order valence-electron chi connectivity index (χ0n) is 16.1. The molecule has 6 heteroatoms. The van der Waals surface area contributed by atoms with Gasteiger partial charge in [-0.05, 0) is 55.2 Å². The minimum Gasteiger partial charge on any atom is -0.378 e. The van der Waals surface area contributed by atoms with Crippen LogP contribution in [0, 0.1) is 5.92 Å². The van der Waals surface area contributed by atoms with Crippen LogP contribution in [-0.4, -0.2) is 48.9 Å². The first kappa shape index (κ1) is 18.9. The summed E-state index contributed by atoms with van der Waals surface area (Å²) in [5.41, 5.74) is 2.30. The van der Waals surface area contributed by atoms with Gasteiger partial charge in [0.1, 0.15) is 11.4 Å². The minimum absolute atomic E-state index is 0.105. The van der Waals surface area contributed by atoms with Crippen LogP contribution in [0.4, 0.5) is 11.4 Å². The fourth-order valence-corrected chi connectivity index (χ4v) is 3.25. The average Bonchev–Trinajstić information content (AvgIpc) is 2.68. The Bertz CT molecular complexity index is 817. The number of amides is 2. The third kappa shape index (κ3) is 4.64. The summed E-state index contributed by atoms with van der Waals surface area (Å²) in [5, 5.41) is 2.83. The average molecular weight is 366 g/mol. The summed E-state index contributed by atoms with van der Waals surface area (Å²) in [6, 6.07) is 12.6. The highest BCUT2D eigenvalue weighted by Crippen LogP contribution is 2.18. The van der Waals surface area contributed by atoms with Crippen LogP contribution in [0.1, 0.15) is 40.7 Å². The van der Waals surface area contributed by atoms with Crippen molar-refractivity contribution >= 4 is 23.2 Å². The van der Waals surface area contributed by atoms with Crippen LogP contribution in [0.2, 0.25) is 0 Å². The van der Waals surface area contributed by atoms with E-state index in [4.69, 9.17) is 0 Å². The molecule has 1 aliphatic rings. The molecule has 3 rings (SSSR count). The van der Waals surface area contributed by atoms with Gasteiger partial charge in [-0.3, -0.25) is 9.59 Å². The fraction of sp³-hybridized carbons (Fsp3) is 0.381. The first-order valence-corrected chi connectivity index (χ1v) is 9.29. The number of benzene rings is 1. The number of likely N-dealkylation sites (tertiary alicyclic amines) is 1. The zero-order valence-corrected chi connectivity index (χ0v) is 16.1. The van der Waals surface area contributed by atoms with Crippen LogP contribution >= 0.6 is 0 Å². The number of carbonyl (C=O) groups is 2. The second-order valence-electron chi connectivity index (χ2n) is 7.30. The van der Waals surface area contributed by atoms with Crippen LogP contribution in [0.3, 0.4) is 0 Å². The van der Waals surface area contributed by atoms with Crippen LogP contribution in [-0.2, 0) is 0 Å².